The van der Waals surface area contributed by atoms with Gasteiger partial charge in [-0.25, -0.2) is 14.6 Å². The van der Waals surface area contributed by atoms with Crippen LogP contribution in [0, 0.1) is 6.92 Å². The summed E-state index contributed by atoms with van der Waals surface area (Å²) in [7, 11) is 0. The molecule has 2 amide bonds. The van der Waals surface area contributed by atoms with Crippen molar-refractivity contribution in [1.29, 1.82) is 0 Å². The molecule has 1 fully saturated rings. The first-order chi connectivity index (χ1) is 21.9. The van der Waals surface area contributed by atoms with E-state index >= 15 is 0 Å². The van der Waals surface area contributed by atoms with E-state index in [9.17, 15) is 14.4 Å². The maximum Gasteiger partial charge on any atom is 0.295 e. The topological polar surface area (TPSA) is 136 Å². The van der Waals surface area contributed by atoms with Crippen LogP contribution in [0.15, 0.2) is 49.1 Å². The van der Waals surface area contributed by atoms with Crippen LogP contribution in [0.2, 0.25) is 0 Å². The van der Waals surface area contributed by atoms with E-state index in [0.29, 0.717) is 60.0 Å². The van der Waals surface area contributed by atoms with E-state index < -0.39 is 17.3 Å². The van der Waals surface area contributed by atoms with Crippen molar-refractivity contribution in [1.82, 2.24) is 34.5 Å². The molecular weight excluding hydrogens is 701 g/mol. The van der Waals surface area contributed by atoms with Crippen LogP contribution in [-0.4, -0.2) is 101 Å². The molecule has 0 atom stereocenters. The number of carbonyl (C=O) groups is 3. The highest BCUT2D eigenvalue weighted by Crippen LogP contribution is 2.35. The third-order valence-electron chi connectivity index (χ3n) is 8.07. The van der Waals surface area contributed by atoms with E-state index in [-0.39, 0.29) is 30.2 Å². The summed E-state index contributed by atoms with van der Waals surface area (Å²) in [5, 5.41) is 4.83. The maximum atomic E-state index is 13.8. The van der Waals surface area contributed by atoms with Crippen LogP contribution in [0.5, 0.6) is 5.75 Å². The number of pyridine rings is 1. The van der Waals surface area contributed by atoms with Crippen molar-refractivity contribution in [3.8, 4) is 11.6 Å². The van der Waals surface area contributed by atoms with Crippen molar-refractivity contribution >= 4 is 51.1 Å². The van der Waals surface area contributed by atoms with Crippen LogP contribution in [0.4, 0.5) is 0 Å². The molecule has 4 heterocycles. The van der Waals surface area contributed by atoms with Crippen molar-refractivity contribution < 1.29 is 23.9 Å². The number of halogens is 1. The second-order valence-electron chi connectivity index (χ2n) is 12.6. The molecule has 0 radical (unpaired) electrons. The van der Waals surface area contributed by atoms with Gasteiger partial charge in [0.2, 0.25) is 0 Å². The summed E-state index contributed by atoms with van der Waals surface area (Å²) in [6, 6.07) is 9.03. The lowest BCUT2D eigenvalue weighted by atomic mass is 10.0. The zero-order valence-corrected chi connectivity index (χ0v) is 29.0. The Morgan fingerprint density at radius 2 is 1.65 bits per heavy atom. The number of hydrogen-bond acceptors (Lipinski definition) is 8. The molecule has 12 nitrogen and oxygen atoms in total. The predicted molar refractivity (Wildman–Crippen MR) is 182 cm³/mol. The van der Waals surface area contributed by atoms with Crippen LogP contribution >= 0.6 is 22.6 Å². The minimum Gasteiger partial charge on any atom is -0.485 e. The highest BCUT2D eigenvalue weighted by Gasteiger charge is 2.33. The van der Waals surface area contributed by atoms with Crippen molar-refractivity contribution in [3.05, 3.63) is 66.0 Å². The van der Waals surface area contributed by atoms with Gasteiger partial charge in [0.15, 0.2) is 5.82 Å². The molecule has 0 bridgehead atoms. The Morgan fingerprint density at radius 3 is 2.30 bits per heavy atom. The number of ketones is 1. The first kappa shape index (κ1) is 33.5. The fraction of sp³-hybridized carbons (Fsp3) is 0.455. The highest BCUT2D eigenvalue weighted by molar-refractivity contribution is 14.1. The molecule has 1 aliphatic rings. The van der Waals surface area contributed by atoms with Gasteiger partial charge in [0, 0.05) is 48.8 Å². The number of benzene rings is 1. The number of aryl methyl sites for hydroxylation is 1. The number of alkyl halides is 1. The number of aromatic nitrogens is 5. The summed E-state index contributed by atoms with van der Waals surface area (Å²) in [5.41, 5.74) is 0.338. The Labute approximate surface area is 282 Å². The lowest BCUT2D eigenvalue weighted by molar-refractivity contribution is -0.127. The predicted octanol–water partition coefficient (Wildman–Crippen LogP) is 4.79. The lowest BCUT2D eigenvalue weighted by Crippen LogP contribution is -2.52. The fourth-order valence-electron chi connectivity index (χ4n) is 5.34. The van der Waals surface area contributed by atoms with E-state index in [0.717, 1.165) is 10.8 Å². The third-order valence-corrected chi connectivity index (χ3v) is 8.61. The monoisotopic (exact) mass is 741 g/mol. The number of H-pyrrole nitrogens is 1. The number of piperazine rings is 1. The number of amides is 2. The molecule has 3 aromatic heterocycles. The maximum absolute atomic E-state index is 13.8. The van der Waals surface area contributed by atoms with Crippen LogP contribution in [0.3, 0.4) is 0 Å². The molecule has 1 saturated heterocycles. The van der Waals surface area contributed by atoms with Gasteiger partial charge in [0.05, 0.1) is 34.9 Å². The van der Waals surface area contributed by atoms with Crippen LogP contribution < -0.4 is 4.74 Å². The Bertz CT molecular complexity index is 1710. The van der Waals surface area contributed by atoms with Gasteiger partial charge in [-0.15, -0.1) is 0 Å². The van der Waals surface area contributed by atoms with Gasteiger partial charge in [0.1, 0.15) is 23.5 Å². The minimum absolute atomic E-state index is 0.0950. The molecule has 0 spiro atoms. The average Bonchev–Trinajstić information content (AvgIpc) is 3.67. The van der Waals surface area contributed by atoms with E-state index in [1.54, 1.807) is 36.5 Å². The van der Waals surface area contributed by atoms with E-state index in [1.165, 1.54) is 15.8 Å². The van der Waals surface area contributed by atoms with Gasteiger partial charge in [-0.1, -0.05) is 40.8 Å². The van der Waals surface area contributed by atoms with Crippen LogP contribution in [0.1, 0.15) is 67.1 Å². The largest absolute Gasteiger partial charge is 0.485 e. The summed E-state index contributed by atoms with van der Waals surface area (Å²) in [6.07, 6.45) is 6.14. The number of Topliss-reactive ketones (excluding diaryl/α,β-unsaturated/α-hetero) is 1. The molecule has 1 N–H and O–H groups in total. The molecule has 4 aromatic rings. The van der Waals surface area contributed by atoms with Crippen LogP contribution in [0.25, 0.3) is 16.7 Å². The molecule has 0 unspecified atom stereocenters. The van der Waals surface area contributed by atoms with Crippen molar-refractivity contribution in [2.75, 3.05) is 37.2 Å². The number of fused-ring (bicyclic) bond motifs is 1. The SMILES string of the molecule is Cc1ncn(-c2ncc(OC(C)(C)CCOC(C)(C)CCI)c3c(C(=O)C(=O)N4CCN(C(=O)c5ccccc5)CC4)c[nH]c23)n1. The molecule has 5 rings (SSSR count). The standard InChI is InChI=1S/C33H40IN7O5/c1-22-37-21-41(38-22)29-27-26(25(20-36-29)46-33(4,5)12-18-45-32(2,3)11-13-34)24(19-35-27)28(42)31(44)40-16-14-39(15-17-40)30(43)23-9-7-6-8-10-23/h6-10,19-21,35H,11-18H2,1-5H3. The number of nitrogens with one attached hydrogen (secondary N) is 1. The second-order valence-corrected chi connectivity index (χ2v) is 13.7. The quantitative estimate of drug-likeness (QED) is 0.0949. The Kier molecular flexibility index (Phi) is 10.1. The summed E-state index contributed by atoms with van der Waals surface area (Å²) in [5.74, 6) is -0.0643. The zero-order valence-electron chi connectivity index (χ0n) is 26.9. The summed E-state index contributed by atoms with van der Waals surface area (Å²) >= 11 is 2.35. The van der Waals surface area contributed by atoms with E-state index in [1.807, 2.05) is 32.0 Å². The van der Waals surface area contributed by atoms with E-state index in [4.69, 9.17) is 9.47 Å². The molecular formula is C33H40IN7O5. The molecule has 1 aliphatic heterocycles. The van der Waals surface area contributed by atoms with Gasteiger partial charge in [-0.2, -0.15) is 5.10 Å². The normalized spacial score (nSPS) is 14.1. The highest BCUT2D eigenvalue weighted by atomic mass is 127. The summed E-state index contributed by atoms with van der Waals surface area (Å²) < 4.78 is 15.2. The number of carbonyl (C=O) groups excluding carboxylic acids is 3. The number of ether oxygens (including phenoxy) is 2. The lowest BCUT2D eigenvalue weighted by Gasteiger charge is -2.34. The first-order valence-electron chi connectivity index (χ1n) is 15.3. The Hall–Kier alpha value is -3.85. The Morgan fingerprint density at radius 1 is 0.957 bits per heavy atom. The van der Waals surface area contributed by atoms with Gasteiger partial charge in [-0.05, 0) is 53.2 Å². The molecule has 13 heteroatoms. The Balaban J connectivity index is 1.38. The summed E-state index contributed by atoms with van der Waals surface area (Å²) in [6.45, 7) is 11.5. The van der Waals surface area contributed by atoms with Crippen molar-refractivity contribution in [2.45, 2.75) is 58.7 Å². The second kappa shape index (κ2) is 13.9. The van der Waals surface area contributed by atoms with Gasteiger partial charge < -0.3 is 24.3 Å². The van der Waals surface area contributed by atoms with E-state index in [2.05, 4.69) is 56.5 Å². The minimum atomic E-state index is -0.677. The molecule has 1 aromatic carbocycles. The molecule has 0 saturated carbocycles. The van der Waals surface area contributed by atoms with Gasteiger partial charge >= 0.3 is 0 Å². The number of rotatable bonds is 12. The number of aromatic amines is 1. The van der Waals surface area contributed by atoms with Crippen molar-refractivity contribution in [3.63, 3.8) is 0 Å². The fourth-order valence-corrected chi connectivity index (χ4v) is 6.64. The summed E-state index contributed by atoms with van der Waals surface area (Å²) in [4.78, 5) is 55.5. The van der Waals surface area contributed by atoms with Gasteiger partial charge in [-0.3, -0.25) is 14.4 Å². The third kappa shape index (κ3) is 7.57. The number of nitrogens with zero attached hydrogens (tertiary/aromatic N) is 6. The molecule has 46 heavy (non-hydrogen) atoms. The first-order valence-corrected chi connectivity index (χ1v) is 16.9. The number of hydrogen-bond donors (Lipinski definition) is 1. The van der Waals surface area contributed by atoms with Crippen molar-refractivity contribution in [2.24, 2.45) is 0 Å². The smallest absolute Gasteiger partial charge is 0.295 e. The molecule has 0 aliphatic carbocycles. The van der Waals surface area contributed by atoms with Crippen LogP contribution in [-0.2, 0) is 9.53 Å². The molecule has 244 valence electrons. The average molecular weight is 742 g/mol. The zero-order chi connectivity index (χ0) is 33.1. The van der Waals surface area contributed by atoms with Gasteiger partial charge in [0.25, 0.3) is 17.6 Å².